The number of hydrogen-bond donors (Lipinski definition) is 2. The number of aliphatic hydroxyl groups excluding tert-OH is 1. The van der Waals surface area contributed by atoms with Crippen molar-refractivity contribution in [1.82, 2.24) is 15.1 Å². The minimum Gasteiger partial charge on any atom is -0.386 e. The van der Waals surface area contributed by atoms with E-state index in [1.807, 2.05) is 19.9 Å². The van der Waals surface area contributed by atoms with Crippen molar-refractivity contribution in [2.45, 2.75) is 45.9 Å². The van der Waals surface area contributed by atoms with Gasteiger partial charge < -0.3 is 10.4 Å². The second kappa shape index (κ2) is 6.91. The number of aromatic nitrogens is 2. The van der Waals surface area contributed by atoms with Crippen LogP contribution < -0.4 is 5.32 Å². The highest BCUT2D eigenvalue weighted by atomic mass is 19.1. The van der Waals surface area contributed by atoms with Gasteiger partial charge in [0.25, 0.3) is 0 Å². The molecule has 2 N–H and O–H groups in total. The van der Waals surface area contributed by atoms with Crippen LogP contribution in [-0.2, 0) is 4.79 Å². The molecule has 1 aromatic carbocycles. The second-order valence-electron chi connectivity index (χ2n) is 5.84. The second-order valence-corrected chi connectivity index (χ2v) is 5.84. The lowest BCUT2D eigenvalue weighted by Crippen LogP contribution is -2.41. The molecule has 0 radical (unpaired) electrons. The maximum absolute atomic E-state index is 13.2. The smallest absolute Gasteiger partial charge is 0.244 e. The molecular formula is C17H22FN3O2. The Morgan fingerprint density at radius 2 is 2.00 bits per heavy atom. The van der Waals surface area contributed by atoms with Crippen LogP contribution in [0.2, 0.25) is 0 Å². The lowest BCUT2D eigenvalue weighted by molar-refractivity contribution is -0.125. The van der Waals surface area contributed by atoms with Gasteiger partial charge in [0.2, 0.25) is 5.91 Å². The van der Waals surface area contributed by atoms with Crippen molar-refractivity contribution in [3.8, 4) is 0 Å². The molecule has 0 aliphatic heterocycles. The molecule has 0 spiro atoms. The summed E-state index contributed by atoms with van der Waals surface area (Å²) >= 11 is 0. The Morgan fingerprint density at radius 1 is 1.30 bits per heavy atom. The van der Waals surface area contributed by atoms with E-state index in [0.29, 0.717) is 5.56 Å². The first-order valence-corrected chi connectivity index (χ1v) is 7.56. The molecule has 0 saturated heterocycles. The van der Waals surface area contributed by atoms with Gasteiger partial charge in [-0.05, 0) is 51.5 Å². The van der Waals surface area contributed by atoms with Gasteiger partial charge in [-0.2, -0.15) is 5.10 Å². The average Bonchev–Trinajstić information content (AvgIpc) is 2.84. The molecule has 0 aliphatic carbocycles. The minimum absolute atomic E-state index is 0.251. The lowest BCUT2D eigenvalue weighted by atomic mass is 10.0. The third-order valence-electron chi connectivity index (χ3n) is 3.82. The molecule has 3 unspecified atom stereocenters. The van der Waals surface area contributed by atoms with Crippen molar-refractivity contribution in [1.29, 1.82) is 0 Å². The number of aliphatic hydroxyl groups is 1. The first-order chi connectivity index (χ1) is 10.8. The number of nitrogens with zero attached hydrogens (tertiary/aromatic N) is 2. The number of amides is 1. The predicted molar refractivity (Wildman–Crippen MR) is 85.4 cm³/mol. The van der Waals surface area contributed by atoms with Gasteiger partial charge in [-0.15, -0.1) is 0 Å². The number of benzene rings is 1. The Labute approximate surface area is 135 Å². The largest absolute Gasteiger partial charge is 0.386 e. The van der Waals surface area contributed by atoms with Crippen molar-refractivity contribution in [2.75, 3.05) is 0 Å². The fraction of sp³-hybridized carbons (Fsp3) is 0.412. The molecule has 1 amide bonds. The zero-order chi connectivity index (χ0) is 17.1. The van der Waals surface area contributed by atoms with Gasteiger partial charge in [0.15, 0.2) is 0 Å². The van der Waals surface area contributed by atoms with Crippen LogP contribution >= 0.6 is 0 Å². The SMILES string of the molecule is Cc1cc(C)n(C(C)C(=O)NC(C)C(O)c2cccc(F)c2)n1. The van der Waals surface area contributed by atoms with Crippen LogP contribution in [0.3, 0.4) is 0 Å². The topological polar surface area (TPSA) is 67.2 Å². The van der Waals surface area contributed by atoms with Crippen LogP contribution in [0.25, 0.3) is 0 Å². The predicted octanol–water partition coefficient (Wildman–Crippen LogP) is 2.44. The van der Waals surface area contributed by atoms with Crippen LogP contribution in [0.15, 0.2) is 30.3 Å². The first kappa shape index (κ1) is 17.1. The fourth-order valence-corrected chi connectivity index (χ4v) is 2.55. The van der Waals surface area contributed by atoms with Crippen LogP contribution in [0.1, 0.15) is 42.9 Å². The van der Waals surface area contributed by atoms with E-state index in [4.69, 9.17) is 0 Å². The van der Waals surface area contributed by atoms with Crippen LogP contribution in [0, 0.1) is 19.7 Å². The lowest BCUT2D eigenvalue weighted by Gasteiger charge is -2.23. The summed E-state index contributed by atoms with van der Waals surface area (Å²) in [5.41, 5.74) is 2.16. The van der Waals surface area contributed by atoms with Gasteiger partial charge in [-0.1, -0.05) is 12.1 Å². The highest BCUT2D eigenvalue weighted by Gasteiger charge is 2.23. The normalized spacial score (nSPS) is 15.0. The van der Waals surface area contributed by atoms with E-state index in [1.165, 1.54) is 18.2 Å². The highest BCUT2D eigenvalue weighted by Crippen LogP contribution is 2.19. The van der Waals surface area contributed by atoms with E-state index in [-0.39, 0.29) is 5.91 Å². The molecule has 0 bridgehead atoms. The van der Waals surface area contributed by atoms with E-state index < -0.39 is 24.0 Å². The zero-order valence-electron chi connectivity index (χ0n) is 13.7. The van der Waals surface area contributed by atoms with Crippen LogP contribution in [0.4, 0.5) is 4.39 Å². The maximum Gasteiger partial charge on any atom is 0.244 e. The van der Waals surface area contributed by atoms with Crippen molar-refractivity contribution in [2.24, 2.45) is 0 Å². The van der Waals surface area contributed by atoms with Crippen molar-refractivity contribution in [3.05, 3.63) is 53.1 Å². The highest BCUT2D eigenvalue weighted by molar-refractivity contribution is 5.80. The number of nitrogens with one attached hydrogen (secondary N) is 1. The number of hydrogen-bond acceptors (Lipinski definition) is 3. The summed E-state index contributed by atoms with van der Waals surface area (Å²) in [7, 11) is 0. The molecule has 6 heteroatoms. The number of halogens is 1. The van der Waals surface area contributed by atoms with Gasteiger partial charge in [0, 0.05) is 5.69 Å². The Morgan fingerprint density at radius 3 is 2.57 bits per heavy atom. The molecule has 1 heterocycles. The van der Waals surface area contributed by atoms with E-state index in [9.17, 15) is 14.3 Å². The molecule has 5 nitrogen and oxygen atoms in total. The van der Waals surface area contributed by atoms with Crippen molar-refractivity contribution >= 4 is 5.91 Å². The molecule has 23 heavy (non-hydrogen) atoms. The molecule has 0 fully saturated rings. The van der Waals surface area contributed by atoms with Gasteiger partial charge in [0.1, 0.15) is 11.9 Å². The van der Waals surface area contributed by atoms with Crippen molar-refractivity contribution in [3.63, 3.8) is 0 Å². The van der Waals surface area contributed by atoms with Gasteiger partial charge in [-0.25, -0.2) is 4.39 Å². The standard InChI is InChI=1S/C17H22FN3O2/c1-10-8-11(2)21(20-10)13(4)17(23)19-12(3)16(22)14-6-5-7-15(18)9-14/h5-9,12-13,16,22H,1-4H3,(H,19,23). The van der Waals surface area contributed by atoms with Gasteiger partial charge in [0.05, 0.1) is 17.8 Å². The number of carbonyl (C=O) groups is 1. The van der Waals surface area contributed by atoms with E-state index >= 15 is 0 Å². The van der Waals surface area contributed by atoms with E-state index in [0.717, 1.165) is 11.4 Å². The average molecular weight is 319 g/mol. The van der Waals surface area contributed by atoms with Crippen LogP contribution in [0.5, 0.6) is 0 Å². The maximum atomic E-state index is 13.2. The van der Waals surface area contributed by atoms with E-state index in [1.54, 1.807) is 24.6 Å². The summed E-state index contributed by atoms with van der Waals surface area (Å²) < 4.78 is 14.9. The summed E-state index contributed by atoms with van der Waals surface area (Å²) in [6.45, 7) is 7.18. The third-order valence-corrected chi connectivity index (χ3v) is 3.82. The molecule has 0 aliphatic rings. The summed E-state index contributed by atoms with van der Waals surface area (Å²) in [5.74, 6) is -0.671. The monoisotopic (exact) mass is 319 g/mol. The fourth-order valence-electron chi connectivity index (χ4n) is 2.55. The van der Waals surface area contributed by atoms with Gasteiger partial charge in [-0.3, -0.25) is 9.48 Å². The minimum atomic E-state index is -0.984. The molecule has 2 rings (SSSR count). The Hall–Kier alpha value is -2.21. The molecule has 1 aromatic heterocycles. The Kier molecular flexibility index (Phi) is 5.15. The van der Waals surface area contributed by atoms with E-state index in [2.05, 4.69) is 10.4 Å². The number of rotatable bonds is 5. The Bertz CT molecular complexity index is 699. The first-order valence-electron chi connectivity index (χ1n) is 7.56. The third kappa shape index (κ3) is 3.96. The Balaban J connectivity index is 2.05. The zero-order valence-corrected chi connectivity index (χ0v) is 13.7. The molecule has 3 atom stereocenters. The quantitative estimate of drug-likeness (QED) is 0.889. The molecule has 2 aromatic rings. The molecular weight excluding hydrogens is 297 g/mol. The molecule has 0 saturated carbocycles. The number of carbonyl (C=O) groups excluding carboxylic acids is 1. The molecule has 124 valence electrons. The van der Waals surface area contributed by atoms with Gasteiger partial charge >= 0.3 is 0 Å². The summed E-state index contributed by atoms with van der Waals surface area (Å²) in [5, 5.41) is 17.3. The summed E-state index contributed by atoms with van der Waals surface area (Å²) in [6, 6.07) is 6.58. The number of aryl methyl sites for hydroxylation is 2. The van der Waals surface area contributed by atoms with Crippen molar-refractivity contribution < 1.29 is 14.3 Å². The summed E-state index contributed by atoms with van der Waals surface area (Å²) in [6.07, 6.45) is -0.984. The summed E-state index contributed by atoms with van der Waals surface area (Å²) in [4.78, 5) is 12.4. The van der Waals surface area contributed by atoms with Crippen LogP contribution in [-0.4, -0.2) is 26.8 Å².